The van der Waals surface area contributed by atoms with Crippen LogP contribution in [0.2, 0.25) is 0 Å². The summed E-state index contributed by atoms with van der Waals surface area (Å²) < 4.78 is 5.36. The molecule has 1 N–H and O–H groups in total. The molecule has 1 aliphatic carbocycles. The number of fused-ring (bicyclic) bond motifs is 1. The lowest BCUT2D eigenvalue weighted by Gasteiger charge is -2.35. The number of anilines is 1. The van der Waals surface area contributed by atoms with Gasteiger partial charge in [-0.25, -0.2) is 9.99 Å². The Balaban J connectivity index is 1.05. The molecule has 1 aromatic heterocycles. The van der Waals surface area contributed by atoms with E-state index in [1.807, 2.05) is 30.0 Å². The molecule has 0 spiro atoms. The molecule has 2 unspecified atom stereocenters. The van der Waals surface area contributed by atoms with Gasteiger partial charge in [0.15, 0.2) is 6.67 Å². The van der Waals surface area contributed by atoms with E-state index in [1.165, 1.54) is 5.57 Å². The van der Waals surface area contributed by atoms with Gasteiger partial charge in [0.25, 0.3) is 0 Å². The van der Waals surface area contributed by atoms with Gasteiger partial charge in [0.05, 0.1) is 18.4 Å². The Kier molecular flexibility index (Phi) is 6.57. The first-order valence-corrected chi connectivity index (χ1v) is 12.0. The number of allylic oxidation sites excluding steroid dienone is 2. The Bertz CT molecular complexity index is 990. The molecule has 4 heterocycles. The fourth-order valence-corrected chi connectivity index (χ4v) is 4.96. The standard InChI is InChI=1S/C24H31N7O3/c1-17-12-20-13-18(2-4-21(20)24(33)34-17)6-7-29-8-10-30(11-9-29)23(32)14-19-3-5-22(25-15-19)31-16-26-27-28-31/h2-5,13,15,17,20-21H,6-12,14,16H2,1H3,(H,26,28)/t17-,20?,21?/m1/s1. The fourth-order valence-electron chi connectivity index (χ4n) is 4.96. The number of pyridine rings is 1. The minimum atomic E-state index is -0.121. The van der Waals surface area contributed by atoms with E-state index in [9.17, 15) is 9.59 Å². The zero-order valence-electron chi connectivity index (χ0n) is 19.5. The molecule has 0 radical (unpaired) electrons. The van der Waals surface area contributed by atoms with E-state index in [2.05, 4.69) is 37.9 Å². The van der Waals surface area contributed by atoms with Crippen molar-refractivity contribution < 1.29 is 14.3 Å². The van der Waals surface area contributed by atoms with Crippen LogP contribution in [0.3, 0.4) is 0 Å². The Morgan fingerprint density at radius 2 is 2.09 bits per heavy atom. The normalized spacial score (nSPS) is 26.7. The van der Waals surface area contributed by atoms with E-state index in [0.717, 1.165) is 56.9 Å². The molecular formula is C24H31N7O3. The summed E-state index contributed by atoms with van der Waals surface area (Å²) in [4.78, 5) is 33.6. The van der Waals surface area contributed by atoms with Crippen LogP contribution in [0.25, 0.3) is 0 Å². The summed E-state index contributed by atoms with van der Waals surface area (Å²) in [5.74, 6) is 0.903. The minimum Gasteiger partial charge on any atom is -0.462 e. The van der Waals surface area contributed by atoms with Crippen LogP contribution in [-0.4, -0.2) is 72.2 Å². The van der Waals surface area contributed by atoms with Crippen molar-refractivity contribution in [3.8, 4) is 0 Å². The van der Waals surface area contributed by atoms with Crippen molar-refractivity contribution in [1.29, 1.82) is 0 Å². The van der Waals surface area contributed by atoms with Gasteiger partial charge in [-0.3, -0.25) is 14.5 Å². The fraction of sp³-hybridized carbons (Fsp3) is 0.542. The predicted molar refractivity (Wildman–Crippen MR) is 125 cm³/mol. The van der Waals surface area contributed by atoms with Gasteiger partial charge < -0.3 is 9.64 Å². The van der Waals surface area contributed by atoms with Crippen molar-refractivity contribution in [2.45, 2.75) is 32.3 Å². The van der Waals surface area contributed by atoms with Crippen LogP contribution in [-0.2, 0) is 20.7 Å². The number of hydrogen-bond donors (Lipinski definition) is 1. The molecule has 2 saturated heterocycles. The van der Waals surface area contributed by atoms with Gasteiger partial charge in [0.2, 0.25) is 5.91 Å². The third-order valence-corrected chi connectivity index (χ3v) is 6.92. The monoisotopic (exact) mass is 465 g/mol. The molecule has 34 heavy (non-hydrogen) atoms. The van der Waals surface area contributed by atoms with Crippen LogP contribution >= 0.6 is 0 Å². The largest absolute Gasteiger partial charge is 0.462 e. The number of ether oxygens (including phenoxy) is 1. The highest BCUT2D eigenvalue weighted by Gasteiger charge is 2.35. The smallest absolute Gasteiger partial charge is 0.313 e. The number of carbonyl (C=O) groups excluding carboxylic acids is 2. The topological polar surface area (TPSA) is 103 Å². The minimum absolute atomic E-state index is 0.00827. The molecule has 180 valence electrons. The maximum atomic E-state index is 12.8. The van der Waals surface area contributed by atoms with Gasteiger partial charge in [-0.1, -0.05) is 35.1 Å². The molecule has 10 heteroatoms. The number of amides is 1. The highest BCUT2D eigenvalue weighted by molar-refractivity contribution is 5.79. The van der Waals surface area contributed by atoms with E-state index in [-0.39, 0.29) is 29.8 Å². The summed E-state index contributed by atoms with van der Waals surface area (Å²) in [6.07, 6.45) is 10.3. The third-order valence-electron chi connectivity index (χ3n) is 6.92. The Hall–Kier alpha value is -3.27. The van der Waals surface area contributed by atoms with Crippen LogP contribution in [0, 0.1) is 11.8 Å². The zero-order valence-corrected chi connectivity index (χ0v) is 19.5. The Labute approximate surface area is 199 Å². The molecule has 0 bridgehead atoms. The van der Waals surface area contributed by atoms with E-state index in [0.29, 0.717) is 13.1 Å². The molecule has 4 aliphatic rings. The van der Waals surface area contributed by atoms with Crippen molar-refractivity contribution in [2.24, 2.45) is 22.2 Å². The Morgan fingerprint density at radius 1 is 1.24 bits per heavy atom. The molecule has 5 rings (SSSR count). The maximum absolute atomic E-state index is 12.8. The second-order valence-corrected chi connectivity index (χ2v) is 9.36. The van der Waals surface area contributed by atoms with Gasteiger partial charge in [-0.15, -0.1) is 5.11 Å². The number of aromatic nitrogens is 1. The molecular weight excluding hydrogens is 434 g/mol. The summed E-state index contributed by atoms with van der Waals surface area (Å²) in [7, 11) is 0. The second kappa shape index (κ2) is 9.92. The first kappa shape index (κ1) is 22.5. The zero-order chi connectivity index (χ0) is 23.5. The lowest BCUT2D eigenvalue weighted by Crippen LogP contribution is -2.49. The third kappa shape index (κ3) is 5.11. The van der Waals surface area contributed by atoms with E-state index in [1.54, 1.807) is 11.2 Å². The molecule has 0 aromatic carbocycles. The number of piperazine rings is 1. The number of esters is 1. The van der Waals surface area contributed by atoms with E-state index < -0.39 is 0 Å². The number of hydrazine groups is 1. The van der Waals surface area contributed by atoms with Crippen LogP contribution in [0.15, 0.2) is 52.5 Å². The lowest BCUT2D eigenvalue weighted by molar-refractivity contribution is -0.159. The van der Waals surface area contributed by atoms with Crippen molar-refractivity contribution in [3.05, 3.63) is 47.7 Å². The van der Waals surface area contributed by atoms with Gasteiger partial charge in [-0.05, 0) is 37.3 Å². The maximum Gasteiger partial charge on any atom is 0.313 e. The average molecular weight is 466 g/mol. The quantitative estimate of drug-likeness (QED) is 0.640. The van der Waals surface area contributed by atoms with E-state index >= 15 is 0 Å². The number of cyclic esters (lactones) is 1. The van der Waals surface area contributed by atoms with Gasteiger partial charge in [0, 0.05) is 38.9 Å². The summed E-state index contributed by atoms with van der Waals surface area (Å²) in [6.45, 7) is 6.60. The van der Waals surface area contributed by atoms with E-state index in [4.69, 9.17) is 4.74 Å². The summed E-state index contributed by atoms with van der Waals surface area (Å²) in [5, 5.41) is 9.29. The Morgan fingerprint density at radius 3 is 2.82 bits per heavy atom. The lowest BCUT2D eigenvalue weighted by atomic mass is 9.80. The molecule has 3 aliphatic heterocycles. The van der Waals surface area contributed by atoms with Gasteiger partial charge in [-0.2, -0.15) is 5.53 Å². The van der Waals surface area contributed by atoms with Crippen molar-refractivity contribution in [3.63, 3.8) is 0 Å². The first-order valence-electron chi connectivity index (χ1n) is 12.0. The number of carbonyl (C=O) groups is 2. The molecule has 1 amide bonds. The first-order chi connectivity index (χ1) is 16.5. The highest BCUT2D eigenvalue weighted by Crippen LogP contribution is 2.33. The van der Waals surface area contributed by atoms with Crippen molar-refractivity contribution in [1.82, 2.24) is 20.3 Å². The van der Waals surface area contributed by atoms with Crippen LogP contribution in [0.4, 0.5) is 5.82 Å². The van der Waals surface area contributed by atoms with Crippen LogP contribution < -0.4 is 10.5 Å². The molecule has 0 saturated carbocycles. The molecule has 3 atom stereocenters. The average Bonchev–Trinajstić information content (AvgIpc) is 3.38. The summed E-state index contributed by atoms with van der Waals surface area (Å²) in [5.41, 5.74) is 4.96. The number of rotatable bonds is 6. The molecule has 10 nitrogen and oxygen atoms in total. The summed E-state index contributed by atoms with van der Waals surface area (Å²) >= 11 is 0. The van der Waals surface area contributed by atoms with Gasteiger partial charge in [0.1, 0.15) is 5.82 Å². The highest BCUT2D eigenvalue weighted by atomic mass is 16.5. The number of hydrogen-bond acceptors (Lipinski definition) is 9. The number of nitrogens with zero attached hydrogens (tertiary/aromatic N) is 6. The summed E-state index contributed by atoms with van der Waals surface area (Å²) in [6, 6.07) is 3.80. The SMILES string of the molecule is C[C@@H]1CC2C=C(CCN3CCN(C(=O)Cc4ccc(N5CN=NN5)nc4)CC3)C=CC2C(=O)O1. The second-order valence-electron chi connectivity index (χ2n) is 9.36. The van der Waals surface area contributed by atoms with Crippen molar-refractivity contribution >= 4 is 17.7 Å². The molecule has 1 aromatic rings. The van der Waals surface area contributed by atoms with Crippen molar-refractivity contribution in [2.75, 3.05) is 44.4 Å². The van der Waals surface area contributed by atoms with Crippen LogP contribution in [0.5, 0.6) is 0 Å². The van der Waals surface area contributed by atoms with Crippen LogP contribution in [0.1, 0.15) is 25.3 Å². The predicted octanol–water partition coefficient (Wildman–Crippen LogP) is 1.87. The molecule has 2 fully saturated rings. The van der Waals surface area contributed by atoms with Gasteiger partial charge >= 0.3 is 5.97 Å². The number of nitrogens with one attached hydrogen (secondary N) is 1.